The number of rotatable bonds is 2. The molecule has 0 aromatic heterocycles. The van der Waals surface area contributed by atoms with E-state index in [1.165, 1.54) is 0 Å². The van der Waals surface area contributed by atoms with E-state index in [1.54, 1.807) is 0 Å². The van der Waals surface area contributed by atoms with Crippen LogP contribution >= 0.6 is 34.2 Å². The first-order valence-corrected chi connectivity index (χ1v) is 7.15. The highest BCUT2D eigenvalue weighted by Gasteiger charge is 2.14. The molecule has 1 N–H and O–H groups in total. The van der Waals surface area contributed by atoms with Gasteiger partial charge in [-0.15, -0.1) is 0 Å². The number of benzene rings is 2. The van der Waals surface area contributed by atoms with Gasteiger partial charge in [-0.05, 0) is 71.3 Å². The van der Waals surface area contributed by atoms with Crippen LogP contribution in [-0.4, -0.2) is 5.11 Å². The van der Waals surface area contributed by atoms with Gasteiger partial charge < -0.3 is 5.11 Å². The van der Waals surface area contributed by atoms with Gasteiger partial charge in [-0.25, -0.2) is 0 Å². The van der Waals surface area contributed by atoms with E-state index in [2.05, 4.69) is 22.6 Å². The summed E-state index contributed by atoms with van der Waals surface area (Å²) in [4.78, 5) is 0. The smallest absolute Gasteiger partial charge is 0.105 e. The van der Waals surface area contributed by atoms with E-state index in [1.807, 2.05) is 50.2 Å². The minimum absolute atomic E-state index is 0.615. The Hall–Kier alpha value is -0.580. The molecule has 2 aromatic rings. The van der Waals surface area contributed by atoms with Crippen molar-refractivity contribution in [3.8, 4) is 0 Å². The van der Waals surface area contributed by atoms with Gasteiger partial charge in [0.2, 0.25) is 0 Å². The van der Waals surface area contributed by atoms with Gasteiger partial charge in [0.05, 0.1) is 0 Å². The van der Waals surface area contributed by atoms with E-state index < -0.39 is 6.10 Å². The molecule has 3 heteroatoms. The summed E-state index contributed by atoms with van der Waals surface area (Å²) in [7, 11) is 0. The Morgan fingerprint density at radius 2 is 1.61 bits per heavy atom. The third-order valence-electron chi connectivity index (χ3n) is 3.09. The Labute approximate surface area is 126 Å². The summed E-state index contributed by atoms with van der Waals surface area (Å²) in [5.74, 6) is 0. The van der Waals surface area contributed by atoms with Crippen LogP contribution in [0, 0.1) is 17.4 Å². The number of hydrogen-bond donors (Lipinski definition) is 1. The fourth-order valence-corrected chi connectivity index (χ4v) is 2.52. The molecule has 0 radical (unpaired) electrons. The predicted octanol–water partition coefficient (Wildman–Crippen LogP) is 4.64. The summed E-state index contributed by atoms with van der Waals surface area (Å²) >= 11 is 8.46. The average molecular weight is 373 g/mol. The van der Waals surface area contributed by atoms with Crippen LogP contribution in [-0.2, 0) is 0 Å². The Morgan fingerprint density at radius 1 is 1.06 bits per heavy atom. The second-order valence-electron chi connectivity index (χ2n) is 4.41. The van der Waals surface area contributed by atoms with Crippen molar-refractivity contribution in [2.45, 2.75) is 20.0 Å². The molecule has 1 unspecified atom stereocenters. The Kier molecular flexibility index (Phi) is 4.30. The molecule has 1 atom stereocenters. The molecule has 0 saturated heterocycles. The molecule has 0 aliphatic rings. The number of halogens is 2. The van der Waals surface area contributed by atoms with Crippen molar-refractivity contribution >= 4 is 34.2 Å². The molecule has 94 valence electrons. The van der Waals surface area contributed by atoms with Crippen molar-refractivity contribution in [3.05, 3.63) is 67.2 Å². The lowest BCUT2D eigenvalue weighted by molar-refractivity contribution is 0.220. The first-order valence-electron chi connectivity index (χ1n) is 5.69. The summed E-state index contributed by atoms with van der Waals surface area (Å²) < 4.78 is 1.15. The summed E-state index contributed by atoms with van der Waals surface area (Å²) in [5, 5.41) is 11.0. The maximum Gasteiger partial charge on any atom is 0.105 e. The highest BCUT2D eigenvalue weighted by Crippen LogP contribution is 2.30. The quantitative estimate of drug-likeness (QED) is 0.761. The summed E-state index contributed by atoms with van der Waals surface area (Å²) in [6.45, 7) is 4.04. The fourth-order valence-electron chi connectivity index (χ4n) is 1.84. The fraction of sp³-hybridized carbons (Fsp3) is 0.200. The normalized spacial score (nSPS) is 12.5. The van der Waals surface area contributed by atoms with Crippen LogP contribution < -0.4 is 0 Å². The molecule has 0 amide bonds. The van der Waals surface area contributed by atoms with Crippen molar-refractivity contribution in [3.63, 3.8) is 0 Å². The van der Waals surface area contributed by atoms with Crippen LogP contribution in [0.15, 0.2) is 36.4 Å². The summed E-state index contributed by atoms with van der Waals surface area (Å²) in [5.41, 5.74) is 3.90. The zero-order chi connectivity index (χ0) is 13.3. The highest BCUT2D eigenvalue weighted by molar-refractivity contribution is 14.1. The molecule has 1 nitrogen and oxygen atoms in total. The second kappa shape index (κ2) is 5.59. The van der Waals surface area contributed by atoms with Crippen LogP contribution in [0.2, 0.25) is 5.02 Å². The molecule has 2 aromatic carbocycles. The van der Waals surface area contributed by atoms with E-state index in [-0.39, 0.29) is 0 Å². The highest BCUT2D eigenvalue weighted by atomic mass is 127. The van der Waals surface area contributed by atoms with Crippen molar-refractivity contribution in [2.24, 2.45) is 0 Å². The molecule has 18 heavy (non-hydrogen) atoms. The molecule has 0 saturated carbocycles. The van der Waals surface area contributed by atoms with E-state index in [9.17, 15) is 5.11 Å². The van der Waals surface area contributed by atoms with E-state index in [0.29, 0.717) is 5.02 Å². The van der Waals surface area contributed by atoms with Gasteiger partial charge in [0, 0.05) is 14.2 Å². The molecule has 0 heterocycles. The van der Waals surface area contributed by atoms with Gasteiger partial charge in [-0.2, -0.15) is 0 Å². The molecular formula is C15H14ClIO. The Bertz CT molecular complexity index is 563. The van der Waals surface area contributed by atoms with Crippen LogP contribution in [0.4, 0.5) is 0 Å². The van der Waals surface area contributed by atoms with Crippen LogP contribution in [0.3, 0.4) is 0 Å². The first kappa shape index (κ1) is 13.8. The number of aryl methyl sites for hydroxylation is 2. The maximum atomic E-state index is 10.4. The lowest BCUT2D eigenvalue weighted by atomic mass is 9.98. The zero-order valence-electron chi connectivity index (χ0n) is 10.2. The van der Waals surface area contributed by atoms with Gasteiger partial charge in [-0.1, -0.05) is 29.8 Å². The first-order chi connectivity index (χ1) is 8.49. The largest absolute Gasteiger partial charge is 0.384 e. The Balaban J connectivity index is 2.42. The van der Waals surface area contributed by atoms with Gasteiger partial charge >= 0.3 is 0 Å². The van der Waals surface area contributed by atoms with E-state index in [0.717, 1.165) is 25.8 Å². The maximum absolute atomic E-state index is 10.4. The standard InChI is InChI=1S/C15H14ClIO/c1-9-7-13(14(16)8-10(9)2)15(18)11-3-5-12(17)6-4-11/h3-8,15,18H,1-2H3. The summed E-state index contributed by atoms with van der Waals surface area (Å²) in [6.07, 6.45) is -0.672. The monoisotopic (exact) mass is 372 g/mol. The second-order valence-corrected chi connectivity index (χ2v) is 6.06. The van der Waals surface area contributed by atoms with E-state index >= 15 is 0 Å². The number of aliphatic hydroxyl groups is 1. The van der Waals surface area contributed by atoms with E-state index in [4.69, 9.17) is 11.6 Å². The topological polar surface area (TPSA) is 20.2 Å². The predicted molar refractivity (Wildman–Crippen MR) is 84.1 cm³/mol. The SMILES string of the molecule is Cc1cc(Cl)c(C(O)c2ccc(I)cc2)cc1C. The number of hydrogen-bond acceptors (Lipinski definition) is 1. The van der Waals surface area contributed by atoms with Gasteiger partial charge in [-0.3, -0.25) is 0 Å². The van der Waals surface area contributed by atoms with Gasteiger partial charge in [0.15, 0.2) is 0 Å². The molecule has 2 rings (SSSR count). The van der Waals surface area contributed by atoms with Crippen LogP contribution in [0.25, 0.3) is 0 Å². The lowest BCUT2D eigenvalue weighted by Gasteiger charge is -2.15. The minimum atomic E-state index is -0.672. The molecule has 0 bridgehead atoms. The third-order valence-corrected chi connectivity index (χ3v) is 4.14. The zero-order valence-corrected chi connectivity index (χ0v) is 13.2. The van der Waals surface area contributed by atoms with Gasteiger partial charge in [0.25, 0.3) is 0 Å². The molecule has 0 aliphatic heterocycles. The molecule has 0 fully saturated rings. The molecule has 0 aliphatic carbocycles. The van der Waals surface area contributed by atoms with Crippen LogP contribution in [0.5, 0.6) is 0 Å². The minimum Gasteiger partial charge on any atom is -0.384 e. The molecular weight excluding hydrogens is 359 g/mol. The molecule has 0 spiro atoms. The Morgan fingerprint density at radius 3 is 2.22 bits per heavy atom. The summed E-state index contributed by atoms with van der Waals surface area (Å²) in [6, 6.07) is 11.7. The lowest BCUT2D eigenvalue weighted by Crippen LogP contribution is -2.01. The van der Waals surface area contributed by atoms with Crippen molar-refractivity contribution in [1.82, 2.24) is 0 Å². The van der Waals surface area contributed by atoms with Gasteiger partial charge in [0.1, 0.15) is 6.10 Å². The van der Waals surface area contributed by atoms with Crippen molar-refractivity contribution in [1.29, 1.82) is 0 Å². The number of aliphatic hydroxyl groups excluding tert-OH is 1. The van der Waals surface area contributed by atoms with Crippen molar-refractivity contribution in [2.75, 3.05) is 0 Å². The average Bonchev–Trinajstić information content (AvgIpc) is 2.34. The van der Waals surface area contributed by atoms with Crippen molar-refractivity contribution < 1.29 is 5.11 Å². The third kappa shape index (κ3) is 2.87. The van der Waals surface area contributed by atoms with Crippen LogP contribution in [0.1, 0.15) is 28.4 Å².